The molecule has 96 valence electrons. The van der Waals surface area contributed by atoms with E-state index in [0.717, 1.165) is 11.7 Å². The van der Waals surface area contributed by atoms with E-state index in [1.807, 2.05) is 12.1 Å². The summed E-state index contributed by atoms with van der Waals surface area (Å²) in [6.45, 7) is 8.94. The van der Waals surface area contributed by atoms with Crippen LogP contribution in [0.5, 0.6) is 5.75 Å². The van der Waals surface area contributed by atoms with Crippen molar-refractivity contribution in [2.45, 2.75) is 46.2 Å². The fourth-order valence-electron chi connectivity index (χ4n) is 2.32. The van der Waals surface area contributed by atoms with Gasteiger partial charge in [0.15, 0.2) is 0 Å². The zero-order valence-electron chi connectivity index (χ0n) is 11.7. The van der Waals surface area contributed by atoms with Crippen LogP contribution in [0, 0.1) is 5.92 Å². The third kappa shape index (κ3) is 4.39. The van der Waals surface area contributed by atoms with Crippen LogP contribution in [0.3, 0.4) is 0 Å². The van der Waals surface area contributed by atoms with Crippen molar-refractivity contribution in [1.82, 2.24) is 5.32 Å². The molecule has 1 aromatic carbocycles. The Hall–Kier alpha value is -1.02. The SMILES string of the molecule is COc1ccccc1C(C)NC(C)CC(C)C. The minimum atomic E-state index is 0.319. The van der Waals surface area contributed by atoms with Crippen molar-refractivity contribution >= 4 is 0 Å². The van der Waals surface area contributed by atoms with Gasteiger partial charge in [-0.15, -0.1) is 0 Å². The predicted octanol–water partition coefficient (Wildman–Crippen LogP) is 3.78. The summed E-state index contributed by atoms with van der Waals surface area (Å²) in [5, 5.41) is 3.62. The van der Waals surface area contributed by atoms with Gasteiger partial charge in [-0.1, -0.05) is 32.0 Å². The van der Waals surface area contributed by atoms with Gasteiger partial charge in [-0.05, 0) is 32.3 Å². The van der Waals surface area contributed by atoms with Gasteiger partial charge in [0.05, 0.1) is 7.11 Å². The lowest BCUT2D eigenvalue weighted by molar-refractivity contribution is 0.380. The van der Waals surface area contributed by atoms with E-state index in [9.17, 15) is 0 Å². The molecule has 0 spiro atoms. The molecule has 0 fully saturated rings. The Labute approximate surface area is 105 Å². The molecule has 2 nitrogen and oxygen atoms in total. The topological polar surface area (TPSA) is 21.3 Å². The standard InChI is InChI=1S/C15H25NO/c1-11(2)10-12(3)16-13(4)14-8-6-7-9-15(14)17-5/h6-9,11-13,16H,10H2,1-5H3. The smallest absolute Gasteiger partial charge is 0.123 e. The number of benzene rings is 1. The Morgan fingerprint density at radius 1 is 1.12 bits per heavy atom. The van der Waals surface area contributed by atoms with Crippen molar-refractivity contribution in [3.05, 3.63) is 29.8 Å². The molecule has 1 rings (SSSR count). The summed E-state index contributed by atoms with van der Waals surface area (Å²) in [5.41, 5.74) is 1.23. The van der Waals surface area contributed by atoms with Gasteiger partial charge in [0.1, 0.15) is 5.75 Å². The monoisotopic (exact) mass is 235 g/mol. The molecular weight excluding hydrogens is 210 g/mol. The molecule has 1 aromatic rings. The van der Waals surface area contributed by atoms with Crippen LogP contribution in [0.1, 0.15) is 45.7 Å². The van der Waals surface area contributed by atoms with Gasteiger partial charge in [0, 0.05) is 17.6 Å². The molecule has 0 aromatic heterocycles. The normalized spacial score (nSPS) is 14.7. The molecule has 0 bridgehead atoms. The largest absolute Gasteiger partial charge is 0.496 e. The highest BCUT2D eigenvalue weighted by molar-refractivity contribution is 5.35. The summed E-state index contributed by atoms with van der Waals surface area (Å²) in [5.74, 6) is 1.69. The molecule has 0 radical (unpaired) electrons. The molecule has 0 saturated carbocycles. The molecule has 2 unspecified atom stereocenters. The van der Waals surface area contributed by atoms with E-state index in [1.165, 1.54) is 12.0 Å². The van der Waals surface area contributed by atoms with Crippen molar-refractivity contribution in [3.8, 4) is 5.75 Å². The first-order chi connectivity index (χ1) is 8.04. The molecular formula is C15H25NO. The van der Waals surface area contributed by atoms with Gasteiger partial charge in [0.25, 0.3) is 0 Å². The predicted molar refractivity (Wildman–Crippen MR) is 73.5 cm³/mol. The summed E-state index contributed by atoms with van der Waals surface area (Å²) in [6, 6.07) is 9.05. The molecule has 0 aliphatic rings. The molecule has 17 heavy (non-hydrogen) atoms. The highest BCUT2D eigenvalue weighted by Gasteiger charge is 2.13. The second-order valence-corrected chi connectivity index (χ2v) is 5.16. The van der Waals surface area contributed by atoms with Crippen molar-refractivity contribution in [2.24, 2.45) is 5.92 Å². The van der Waals surface area contributed by atoms with Gasteiger partial charge >= 0.3 is 0 Å². The van der Waals surface area contributed by atoms with Crippen LogP contribution in [0.25, 0.3) is 0 Å². The van der Waals surface area contributed by atoms with Crippen LogP contribution in [0.2, 0.25) is 0 Å². The Morgan fingerprint density at radius 3 is 2.35 bits per heavy atom. The summed E-state index contributed by atoms with van der Waals surface area (Å²) < 4.78 is 5.39. The lowest BCUT2D eigenvalue weighted by Crippen LogP contribution is -2.30. The van der Waals surface area contributed by atoms with E-state index in [4.69, 9.17) is 4.74 Å². The molecule has 0 heterocycles. The molecule has 0 aliphatic carbocycles. The average Bonchev–Trinajstić information content (AvgIpc) is 2.27. The first-order valence-corrected chi connectivity index (χ1v) is 6.43. The second kappa shape index (κ2) is 6.65. The summed E-state index contributed by atoms with van der Waals surface area (Å²) >= 11 is 0. The quantitative estimate of drug-likeness (QED) is 0.810. The lowest BCUT2D eigenvalue weighted by atomic mass is 10.0. The number of hydrogen-bond donors (Lipinski definition) is 1. The van der Waals surface area contributed by atoms with Gasteiger partial charge in [-0.25, -0.2) is 0 Å². The Balaban J connectivity index is 2.65. The van der Waals surface area contributed by atoms with E-state index >= 15 is 0 Å². The molecule has 0 saturated heterocycles. The summed E-state index contributed by atoms with van der Waals surface area (Å²) in [4.78, 5) is 0. The van der Waals surface area contributed by atoms with E-state index < -0.39 is 0 Å². The van der Waals surface area contributed by atoms with Crippen molar-refractivity contribution < 1.29 is 4.74 Å². The number of ether oxygens (including phenoxy) is 1. The van der Waals surface area contributed by atoms with E-state index in [1.54, 1.807) is 7.11 Å². The average molecular weight is 235 g/mol. The molecule has 2 heteroatoms. The second-order valence-electron chi connectivity index (χ2n) is 5.16. The maximum Gasteiger partial charge on any atom is 0.123 e. The number of methoxy groups -OCH3 is 1. The van der Waals surface area contributed by atoms with Crippen LogP contribution in [0.15, 0.2) is 24.3 Å². The zero-order valence-corrected chi connectivity index (χ0v) is 11.7. The van der Waals surface area contributed by atoms with E-state index in [0.29, 0.717) is 12.1 Å². The lowest BCUT2D eigenvalue weighted by Gasteiger charge is -2.23. The number of nitrogens with one attached hydrogen (secondary N) is 1. The Kier molecular flexibility index (Phi) is 5.49. The summed E-state index contributed by atoms with van der Waals surface area (Å²) in [6.07, 6.45) is 1.19. The maximum atomic E-state index is 5.39. The third-order valence-corrected chi connectivity index (χ3v) is 2.96. The third-order valence-electron chi connectivity index (χ3n) is 2.96. The number of hydrogen-bond acceptors (Lipinski definition) is 2. The highest BCUT2D eigenvalue weighted by atomic mass is 16.5. The summed E-state index contributed by atoms with van der Waals surface area (Å²) in [7, 11) is 1.73. The van der Waals surface area contributed by atoms with Crippen molar-refractivity contribution in [2.75, 3.05) is 7.11 Å². The minimum Gasteiger partial charge on any atom is -0.496 e. The fraction of sp³-hybridized carbons (Fsp3) is 0.600. The van der Waals surface area contributed by atoms with Gasteiger partial charge in [-0.3, -0.25) is 0 Å². The molecule has 0 aliphatic heterocycles. The van der Waals surface area contributed by atoms with E-state index in [2.05, 4.69) is 45.1 Å². The molecule has 1 N–H and O–H groups in total. The molecule has 0 amide bonds. The van der Waals surface area contributed by atoms with Crippen LogP contribution >= 0.6 is 0 Å². The maximum absolute atomic E-state index is 5.39. The Bertz CT molecular complexity index is 335. The van der Waals surface area contributed by atoms with Gasteiger partial charge in [-0.2, -0.15) is 0 Å². The van der Waals surface area contributed by atoms with Gasteiger partial charge < -0.3 is 10.1 Å². The van der Waals surface area contributed by atoms with Gasteiger partial charge in [0.2, 0.25) is 0 Å². The fourth-order valence-corrected chi connectivity index (χ4v) is 2.32. The first kappa shape index (κ1) is 14.0. The molecule has 2 atom stereocenters. The van der Waals surface area contributed by atoms with E-state index in [-0.39, 0.29) is 0 Å². The number of para-hydroxylation sites is 1. The zero-order chi connectivity index (χ0) is 12.8. The first-order valence-electron chi connectivity index (χ1n) is 6.43. The van der Waals surface area contributed by atoms with Crippen LogP contribution in [0.4, 0.5) is 0 Å². The number of rotatable bonds is 6. The minimum absolute atomic E-state index is 0.319. The van der Waals surface area contributed by atoms with Crippen molar-refractivity contribution in [1.29, 1.82) is 0 Å². The Morgan fingerprint density at radius 2 is 1.76 bits per heavy atom. The van der Waals surface area contributed by atoms with Crippen LogP contribution in [-0.2, 0) is 0 Å². The van der Waals surface area contributed by atoms with Crippen LogP contribution in [-0.4, -0.2) is 13.2 Å². The highest BCUT2D eigenvalue weighted by Crippen LogP contribution is 2.25. The van der Waals surface area contributed by atoms with Crippen molar-refractivity contribution in [3.63, 3.8) is 0 Å². The van der Waals surface area contributed by atoms with Crippen LogP contribution < -0.4 is 10.1 Å².